The van der Waals surface area contributed by atoms with E-state index in [9.17, 15) is 9.59 Å². The molecule has 0 bridgehead atoms. The molecule has 0 aliphatic heterocycles. The third kappa shape index (κ3) is 25.2. The minimum atomic E-state index is -0.913. The van der Waals surface area contributed by atoms with Crippen LogP contribution < -0.4 is 5.73 Å². The monoisotopic (exact) mass is 344 g/mol. The first-order chi connectivity index (χ1) is 9.95. The molecule has 5 nitrogen and oxygen atoms in total. The molecule has 0 aliphatic carbocycles. The van der Waals surface area contributed by atoms with Crippen molar-refractivity contribution in [1.29, 1.82) is 0 Å². The van der Waals surface area contributed by atoms with Crippen LogP contribution in [0.2, 0.25) is 0 Å². The van der Waals surface area contributed by atoms with Crippen molar-refractivity contribution < 1.29 is 19.8 Å². The molecule has 127 valence electrons. The molecule has 0 aromatic rings. The van der Waals surface area contributed by atoms with Gasteiger partial charge in [-0.1, -0.05) is 45.4 Å². The fraction of sp³-hybridized carbons (Fsp3) is 0.867. The van der Waals surface area contributed by atoms with E-state index in [2.05, 4.69) is 6.92 Å². The van der Waals surface area contributed by atoms with Gasteiger partial charge in [0.05, 0.1) is 0 Å². The second-order valence-corrected chi connectivity index (χ2v) is 5.98. The van der Waals surface area contributed by atoms with Crippen LogP contribution in [-0.2, 0) is 9.59 Å². The van der Waals surface area contributed by atoms with E-state index in [-0.39, 0.29) is 29.6 Å². The molecule has 0 aromatic carbocycles. The first-order valence-electron chi connectivity index (χ1n) is 7.64. The molecule has 0 aliphatic rings. The Balaban J connectivity index is -0.000000326. The van der Waals surface area contributed by atoms with E-state index in [0.717, 1.165) is 18.6 Å². The maximum atomic E-state index is 10.1. The summed E-state index contributed by atoms with van der Waals surface area (Å²) in [5.41, 5.74) is 5.19. The van der Waals surface area contributed by atoms with E-state index in [1.165, 1.54) is 32.1 Å². The topological polar surface area (TPSA) is 101 Å². The average Bonchev–Trinajstić information content (AvgIpc) is 2.44. The number of carboxylic acid groups (broad SMARTS) is 2. The SMILES string of the molecule is CCCCCCCCCC(=O)O.CSCC[C@H](N)C(=O)O.[Na]. The van der Waals surface area contributed by atoms with E-state index in [4.69, 9.17) is 15.9 Å². The van der Waals surface area contributed by atoms with Crippen molar-refractivity contribution in [3.63, 3.8) is 0 Å². The number of rotatable bonds is 12. The van der Waals surface area contributed by atoms with E-state index < -0.39 is 18.0 Å². The van der Waals surface area contributed by atoms with Gasteiger partial charge in [0.15, 0.2) is 0 Å². The summed E-state index contributed by atoms with van der Waals surface area (Å²) in [6.45, 7) is 2.20. The number of carbonyl (C=O) groups is 2. The molecule has 0 fully saturated rings. The van der Waals surface area contributed by atoms with Crippen molar-refractivity contribution in [3.8, 4) is 0 Å². The summed E-state index contributed by atoms with van der Waals surface area (Å²) in [5.74, 6) is -0.763. The molecular weight excluding hydrogens is 313 g/mol. The van der Waals surface area contributed by atoms with Gasteiger partial charge in [0.25, 0.3) is 0 Å². The van der Waals surface area contributed by atoms with Crippen LogP contribution in [0, 0.1) is 0 Å². The van der Waals surface area contributed by atoms with Crippen molar-refractivity contribution >= 4 is 53.3 Å². The largest absolute Gasteiger partial charge is 0.481 e. The summed E-state index contributed by atoms with van der Waals surface area (Å²) in [6, 6.07) is -0.683. The number of carboxylic acids is 2. The summed E-state index contributed by atoms with van der Waals surface area (Å²) < 4.78 is 0. The second-order valence-electron chi connectivity index (χ2n) is 4.99. The van der Waals surface area contributed by atoms with Gasteiger partial charge in [-0.2, -0.15) is 11.8 Å². The Morgan fingerprint density at radius 2 is 1.55 bits per heavy atom. The smallest absolute Gasteiger partial charge is 0.320 e. The zero-order valence-electron chi connectivity index (χ0n) is 14.3. The number of aliphatic carboxylic acids is 2. The van der Waals surface area contributed by atoms with Gasteiger partial charge in [-0.3, -0.25) is 9.59 Å². The number of hydrogen-bond donors (Lipinski definition) is 3. The first-order valence-corrected chi connectivity index (χ1v) is 9.04. The number of thioether (sulfide) groups is 1. The molecule has 0 heterocycles. The van der Waals surface area contributed by atoms with Gasteiger partial charge in [0, 0.05) is 36.0 Å². The number of nitrogens with two attached hydrogens (primary N) is 1. The van der Waals surface area contributed by atoms with Crippen molar-refractivity contribution in [2.45, 2.75) is 70.8 Å². The van der Waals surface area contributed by atoms with Gasteiger partial charge in [-0.25, -0.2) is 0 Å². The average molecular weight is 344 g/mol. The van der Waals surface area contributed by atoms with Crippen LogP contribution in [0.1, 0.15) is 64.7 Å². The van der Waals surface area contributed by atoms with Crippen molar-refractivity contribution in [3.05, 3.63) is 0 Å². The predicted octanol–water partition coefficient (Wildman–Crippen LogP) is 2.98. The molecule has 0 saturated carbocycles. The van der Waals surface area contributed by atoms with Crippen molar-refractivity contribution in [1.82, 2.24) is 0 Å². The third-order valence-corrected chi connectivity index (χ3v) is 3.59. The zero-order valence-corrected chi connectivity index (χ0v) is 17.2. The Kier molecular flexibility index (Phi) is 26.2. The van der Waals surface area contributed by atoms with Crippen LogP contribution in [-0.4, -0.2) is 69.8 Å². The molecule has 0 rings (SSSR count). The molecule has 1 radical (unpaired) electrons. The predicted molar refractivity (Wildman–Crippen MR) is 94.6 cm³/mol. The third-order valence-electron chi connectivity index (χ3n) is 2.94. The molecular formula is C15H31NNaO4S. The van der Waals surface area contributed by atoms with E-state index in [1.54, 1.807) is 11.8 Å². The Labute approximate surface area is 161 Å². The van der Waals surface area contributed by atoms with Gasteiger partial charge >= 0.3 is 11.9 Å². The van der Waals surface area contributed by atoms with Gasteiger partial charge in [-0.05, 0) is 24.9 Å². The van der Waals surface area contributed by atoms with Crippen molar-refractivity contribution in [2.75, 3.05) is 12.0 Å². The Morgan fingerprint density at radius 3 is 1.95 bits per heavy atom. The Morgan fingerprint density at radius 1 is 1.05 bits per heavy atom. The van der Waals surface area contributed by atoms with Gasteiger partial charge in [-0.15, -0.1) is 0 Å². The van der Waals surface area contributed by atoms with Gasteiger partial charge < -0.3 is 15.9 Å². The van der Waals surface area contributed by atoms with Crippen LogP contribution in [0.5, 0.6) is 0 Å². The van der Waals surface area contributed by atoms with E-state index in [1.807, 2.05) is 6.26 Å². The summed E-state index contributed by atoms with van der Waals surface area (Å²) in [7, 11) is 0. The normalized spacial score (nSPS) is 10.9. The molecule has 0 saturated heterocycles. The minimum absolute atomic E-state index is 0. The summed E-state index contributed by atoms with van der Waals surface area (Å²) in [5, 5.41) is 16.6. The molecule has 22 heavy (non-hydrogen) atoms. The van der Waals surface area contributed by atoms with Crippen molar-refractivity contribution in [2.24, 2.45) is 5.73 Å². The molecule has 0 unspecified atom stereocenters. The van der Waals surface area contributed by atoms with E-state index in [0.29, 0.717) is 12.8 Å². The summed E-state index contributed by atoms with van der Waals surface area (Å²) >= 11 is 1.60. The fourth-order valence-corrected chi connectivity index (χ4v) is 2.09. The summed E-state index contributed by atoms with van der Waals surface area (Å²) in [6.07, 6.45) is 11.1. The first kappa shape index (κ1) is 27.1. The maximum Gasteiger partial charge on any atom is 0.320 e. The van der Waals surface area contributed by atoms with E-state index >= 15 is 0 Å². The maximum absolute atomic E-state index is 10.1. The quantitative estimate of drug-likeness (QED) is 0.372. The van der Waals surface area contributed by atoms with Crippen LogP contribution in [0.15, 0.2) is 0 Å². The molecule has 0 spiro atoms. The second kappa shape index (κ2) is 21.2. The molecule has 0 amide bonds. The summed E-state index contributed by atoms with van der Waals surface area (Å²) in [4.78, 5) is 20.2. The molecule has 0 aromatic heterocycles. The van der Waals surface area contributed by atoms with Crippen LogP contribution in [0.4, 0.5) is 0 Å². The molecule has 1 atom stereocenters. The van der Waals surface area contributed by atoms with Crippen LogP contribution >= 0.6 is 11.8 Å². The fourth-order valence-electron chi connectivity index (χ4n) is 1.60. The molecule has 7 heteroatoms. The zero-order chi connectivity index (χ0) is 16.5. The van der Waals surface area contributed by atoms with Crippen LogP contribution in [0.3, 0.4) is 0 Å². The number of unbranched alkanes of at least 4 members (excludes halogenated alkanes) is 6. The van der Waals surface area contributed by atoms with Gasteiger partial charge in [0.2, 0.25) is 0 Å². The van der Waals surface area contributed by atoms with Crippen LogP contribution in [0.25, 0.3) is 0 Å². The minimum Gasteiger partial charge on any atom is -0.481 e. The Hall–Kier alpha value is 0.250. The Bertz CT molecular complexity index is 268. The van der Waals surface area contributed by atoms with Gasteiger partial charge in [0.1, 0.15) is 6.04 Å². The number of hydrogen-bond acceptors (Lipinski definition) is 4. The standard InChI is InChI=1S/C10H20O2.C5H11NO2S.Na/c1-2-3-4-5-6-7-8-9-10(11)12;1-9-3-2-4(6)5(7)8;/h2-9H2,1H3,(H,11,12);4H,2-3,6H2,1H3,(H,7,8);/t;4-;/m.0./s1. The molecule has 4 N–H and O–H groups in total.